The zero-order chi connectivity index (χ0) is 15.6. The normalized spacial score (nSPS) is 12.1. The van der Waals surface area contributed by atoms with Crippen molar-refractivity contribution < 1.29 is 9.13 Å². The Morgan fingerprint density at radius 3 is 2.71 bits per heavy atom. The minimum atomic E-state index is -1.13. The van der Waals surface area contributed by atoms with Gasteiger partial charge < -0.3 is 14.6 Å². The third kappa shape index (κ3) is 3.93. The summed E-state index contributed by atoms with van der Waals surface area (Å²) in [4.78, 5) is 8.08. The Labute approximate surface area is 129 Å². The molecule has 0 spiro atoms. The van der Waals surface area contributed by atoms with Gasteiger partial charge in [0.15, 0.2) is 11.5 Å². The number of hydrogen-bond acceptors (Lipinski definition) is 4. The Morgan fingerprint density at radius 2 is 2.10 bits per heavy atom. The molecular weight excluding hydrogens is 311 g/mol. The van der Waals surface area contributed by atoms with Gasteiger partial charge in [-0.15, -0.1) is 0 Å². The maximum absolute atomic E-state index is 14.1. The first kappa shape index (κ1) is 16.2. The van der Waals surface area contributed by atoms with E-state index in [9.17, 15) is 4.39 Å². The third-order valence-electron chi connectivity index (χ3n) is 3.11. The average molecular weight is 331 g/mol. The molecule has 0 radical (unpaired) electrons. The highest BCUT2D eigenvalue weighted by Crippen LogP contribution is 2.26. The van der Waals surface area contributed by atoms with Crippen LogP contribution in [0, 0.1) is 5.82 Å². The molecule has 0 amide bonds. The van der Waals surface area contributed by atoms with Crippen molar-refractivity contribution in [2.75, 3.05) is 19.0 Å². The predicted octanol–water partition coefficient (Wildman–Crippen LogP) is 3.58. The van der Waals surface area contributed by atoms with E-state index < -0.39 is 8.07 Å². The van der Waals surface area contributed by atoms with E-state index in [1.54, 1.807) is 11.6 Å². The Kier molecular flexibility index (Phi) is 4.85. The van der Waals surface area contributed by atoms with Crippen LogP contribution in [-0.4, -0.2) is 36.3 Å². The van der Waals surface area contributed by atoms with Gasteiger partial charge in [-0.3, -0.25) is 0 Å². The van der Waals surface area contributed by atoms with Crippen molar-refractivity contribution in [2.24, 2.45) is 0 Å². The lowest BCUT2D eigenvalue weighted by molar-refractivity contribution is 0.0895. The van der Waals surface area contributed by atoms with E-state index in [1.807, 2.05) is 0 Å². The topological polar surface area (TPSA) is 52.0 Å². The van der Waals surface area contributed by atoms with E-state index in [-0.39, 0.29) is 17.8 Å². The fraction of sp³-hybridized carbons (Fsp3) is 0.538. The van der Waals surface area contributed by atoms with Crippen LogP contribution in [-0.2, 0) is 11.5 Å². The smallest absolute Gasteiger partial charge is 0.226 e. The second-order valence-electron chi connectivity index (χ2n) is 6.08. The quantitative estimate of drug-likeness (QED) is 0.499. The van der Waals surface area contributed by atoms with Crippen molar-refractivity contribution in [3.63, 3.8) is 0 Å². The van der Waals surface area contributed by atoms with Crippen molar-refractivity contribution in [1.29, 1.82) is 0 Å². The van der Waals surface area contributed by atoms with Gasteiger partial charge in [0.05, 0.1) is 5.39 Å². The van der Waals surface area contributed by atoms with Crippen LogP contribution in [0.1, 0.15) is 0 Å². The molecule has 0 fully saturated rings. The fourth-order valence-electron chi connectivity index (χ4n) is 1.93. The highest BCUT2D eigenvalue weighted by Gasteiger charge is 2.17. The summed E-state index contributed by atoms with van der Waals surface area (Å²) in [6.45, 7) is 7.77. The van der Waals surface area contributed by atoms with Crippen LogP contribution in [0.25, 0.3) is 11.0 Å². The Bertz CT molecular complexity index is 641. The number of aromatic nitrogens is 3. The number of ether oxygens (including phenoxy) is 1. The van der Waals surface area contributed by atoms with Crippen LogP contribution >= 0.6 is 11.6 Å². The molecule has 116 valence electrons. The maximum atomic E-state index is 14.1. The van der Waals surface area contributed by atoms with Crippen molar-refractivity contribution >= 4 is 36.5 Å². The molecular formula is C13H20ClFN4OSi. The highest BCUT2D eigenvalue weighted by molar-refractivity contribution is 6.76. The molecule has 0 bridgehead atoms. The van der Waals surface area contributed by atoms with Gasteiger partial charge in [-0.1, -0.05) is 19.6 Å². The van der Waals surface area contributed by atoms with E-state index in [0.29, 0.717) is 23.5 Å². The molecule has 2 heterocycles. The molecule has 21 heavy (non-hydrogen) atoms. The first-order valence-electron chi connectivity index (χ1n) is 6.79. The summed E-state index contributed by atoms with van der Waals surface area (Å²) in [5, 5.41) is 3.23. The highest BCUT2D eigenvalue weighted by atomic mass is 35.5. The van der Waals surface area contributed by atoms with Crippen LogP contribution in [0.3, 0.4) is 0 Å². The van der Waals surface area contributed by atoms with Crippen molar-refractivity contribution in [3.8, 4) is 0 Å². The summed E-state index contributed by atoms with van der Waals surface area (Å²) >= 11 is 5.87. The minimum Gasteiger partial charge on any atom is -0.372 e. The zero-order valence-corrected chi connectivity index (χ0v) is 14.5. The molecule has 0 saturated carbocycles. The van der Waals surface area contributed by atoms with Crippen molar-refractivity contribution in [1.82, 2.24) is 14.5 Å². The lowest BCUT2D eigenvalue weighted by atomic mass is 10.3. The molecule has 8 heteroatoms. The Hall–Kier alpha value is -1.18. The second-order valence-corrected chi connectivity index (χ2v) is 12.0. The van der Waals surface area contributed by atoms with Gasteiger partial charge in [-0.25, -0.2) is 4.39 Å². The molecule has 0 aliphatic rings. The lowest BCUT2D eigenvalue weighted by Gasteiger charge is -2.15. The molecule has 2 rings (SSSR count). The molecule has 0 aliphatic heterocycles. The van der Waals surface area contributed by atoms with Gasteiger partial charge in [0, 0.05) is 27.9 Å². The van der Waals surface area contributed by atoms with Gasteiger partial charge in [-0.2, -0.15) is 9.97 Å². The first-order valence-corrected chi connectivity index (χ1v) is 10.9. The molecule has 0 atom stereocenters. The van der Waals surface area contributed by atoms with E-state index in [0.717, 1.165) is 6.04 Å². The molecule has 0 aliphatic carbocycles. The fourth-order valence-corrected chi connectivity index (χ4v) is 2.85. The standard InChI is InChI=1S/C13H20ClFN4OSi/c1-16-11-10-9(15)7-19(12(10)18-13(14)17-11)8-20-5-6-21(2,3)4/h7H,5-6,8H2,1-4H3,(H,16,17,18). The van der Waals surface area contributed by atoms with Gasteiger partial charge in [0.1, 0.15) is 12.5 Å². The SMILES string of the molecule is CNc1nc(Cl)nc2c1c(F)cn2COCC[Si](C)(C)C. The maximum Gasteiger partial charge on any atom is 0.226 e. The summed E-state index contributed by atoms with van der Waals surface area (Å²) < 4.78 is 21.3. The number of halogens is 2. The van der Waals surface area contributed by atoms with Crippen LogP contribution in [0.2, 0.25) is 31.0 Å². The van der Waals surface area contributed by atoms with Crippen LogP contribution in [0.4, 0.5) is 10.2 Å². The van der Waals surface area contributed by atoms with Crippen LogP contribution < -0.4 is 5.32 Å². The Morgan fingerprint density at radius 1 is 1.38 bits per heavy atom. The largest absolute Gasteiger partial charge is 0.372 e. The monoisotopic (exact) mass is 330 g/mol. The predicted molar refractivity (Wildman–Crippen MR) is 86.1 cm³/mol. The van der Waals surface area contributed by atoms with E-state index >= 15 is 0 Å². The molecule has 2 aromatic rings. The molecule has 0 unspecified atom stereocenters. The number of fused-ring (bicyclic) bond motifs is 1. The molecule has 2 aromatic heterocycles. The first-order chi connectivity index (χ1) is 9.81. The average Bonchev–Trinajstić information content (AvgIpc) is 2.69. The molecule has 5 nitrogen and oxygen atoms in total. The number of anilines is 1. The van der Waals surface area contributed by atoms with Crippen molar-refractivity contribution in [3.05, 3.63) is 17.3 Å². The van der Waals surface area contributed by atoms with Crippen molar-refractivity contribution in [2.45, 2.75) is 32.4 Å². The summed E-state index contributed by atoms with van der Waals surface area (Å²) in [6.07, 6.45) is 1.37. The van der Waals surface area contributed by atoms with Gasteiger partial charge in [0.25, 0.3) is 0 Å². The van der Waals surface area contributed by atoms with Gasteiger partial charge in [-0.05, 0) is 17.6 Å². The zero-order valence-electron chi connectivity index (χ0n) is 12.7. The number of nitrogens with zero attached hydrogens (tertiary/aromatic N) is 3. The number of rotatable bonds is 6. The van der Waals surface area contributed by atoms with Gasteiger partial charge in [0.2, 0.25) is 5.28 Å². The van der Waals surface area contributed by atoms with Crippen LogP contribution in [0.15, 0.2) is 6.20 Å². The Balaban J connectivity index is 2.19. The third-order valence-corrected chi connectivity index (χ3v) is 4.98. The molecule has 1 N–H and O–H groups in total. The number of nitrogens with one attached hydrogen (secondary N) is 1. The summed E-state index contributed by atoms with van der Waals surface area (Å²) in [7, 11) is 0.533. The molecule has 0 aromatic carbocycles. The lowest BCUT2D eigenvalue weighted by Crippen LogP contribution is -2.22. The van der Waals surface area contributed by atoms with E-state index in [1.165, 1.54) is 6.20 Å². The van der Waals surface area contributed by atoms with Crippen LogP contribution in [0.5, 0.6) is 0 Å². The van der Waals surface area contributed by atoms with E-state index in [2.05, 4.69) is 34.9 Å². The van der Waals surface area contributed by atoms with E-state index in [4.69, 9.17) is 16.3 Å². The minimum absolute atomic E-state index is 0.0771. The summed E-state index contributed by atoms with van der Waals surface area (Å²) in [6, 6.07) is 1.06. The van der Waals surface area contributed by atoms with Gasteiger partial charge >= 0.3 is 0 Å². The summed E-state index contributed by atoms with van der Waals surface area (Å²) in [5.41, 5.74) is 0.435. The number of hydrogen-bond donors (Lipinski definition) is 1. The second kappa shape index (κ2) is 6.29. The molecule has 0 saturated heterocycles. The summed E-state index contributed by atoms with van der Waals surface area (Å²) in [5.74, 6) is -0.0110.